The molecule has 0 aliphatic rings. The molecule has 0 aliphatic carbocycles. The second-order valence-corrected chi connectivity index (χ2v) is 6.09. The van der Waals surface area contributed by atoms with E-state index in [1.54, 1.807) is 6.20 Å². The Morgan fingerprint density at radius 1 is 1.44 bits per heavy atom. The third-order valence-electron chi connectivity index (χ3n) is 2.31. The average Bonchev–Trinajstić information content (AvgIpc) is 2.59. The quantitative estimate of drug-likeness (QED) is 0.703. The molecule has 0 unspecified atom stereocenters. The Morgan fingerprint density at radius 3 is 2.75 bits per heavy atom. The highest BCUT2D eigenvalue weighted by Gasteiger charge is 2.08. The zero-order chi connectivity index (χ0) is 12.0. The van der Waals surface area contributed by atoms with Crippen LogP contribution < -0.4 is 5.32 Å². The SMILES string of the molecule is CCCS(=O)(=O)CCNCc1nccn1C. The Labute approximate surface area is 96.8 Å². The van der Waals surface area contributed by atoms with Gasteiger partial charge in [0, 0.05) is 31.7 Å². The van der Waals surface area contributed by atoms with Crippen LogP contribution in [0.25, 0.3) is 0 Å². The van der Waals surface area contributed by atoms with Gasteiger partial charge in [-0.2, -0.15) is 0 Å². The minimum Gasteiger partial charge on any atom is -0.337 e. The Hall–Kier alpha value is -0.880. The lowest BCUT2D eigenvalue weighted by Gasteiger charge is -2.05. The first-order valence-corrected chi connectivity index (χ1v) is 7.24. The molecule has 1 aromatic heterocycles. The van der Waals surface area contributed by atoms with Gasteiger partial charge in [0.2, 0.25) is 0 Å². The zero-order valence-corrected chi connectivity index (χ0v) is 10.6. The second kappa shape index (κ2) is 6.00. The first-order valence-electron chi connectivity index (χ1n) is 5.42. The number of aryl methyl sites for hydroxylation is 1. The Kier molecular flexibility index (Phi) is 4.95. The monoisotopic (exact) mass is 245 g/mol. The summed E-state index contributed by atoms with van der Waals surface area (Å²) >= 11 is 0. The number of hydrogen-bond donors (Lipinski definition) is 1. The van der Waals surface area contributed by atoms with E-state index in [1.165, 1.54) is 0 Å². The summed E-state index contributed by atoms with van der Waals surface area (Å²) in [6.07, 6.45) is 4.28. The molecule has 1 heterocycles. The molecule has 0 radical (unpaired) electrons. The van der Waals surface area contributed by atoms with Crippen molar-refractivity contribution in [1.29, 1.82) is 0 Å². The molecule has 0 aliphatic heterocycles. The summed E-state index contributed by atoms with van der Waals surface area (Å²) < 4.78 is 24.7. The minimum absolute atomic E-state index is 0.200. The van der Waals surface area contributed by atoms with Crippen molar-refractivity contribution in [1.82, 2.24) is 14.9 Å². The summed E-state index contributed by atoms with van der Waals surface area (Å²) in [6, 6.07) is 0. The van der Waals surface area contributed by atoms with Gasteiger partial charge < -0.3 is 9.88 Å². The number of nitrogens with one attached hydrogen (secondary N) is 1. The number of hydrogen-bond acceptors (Lipinski definition) is 4. The van der Waals surface area contributed by atoms with E-state index in [0.717, 1.165) is 5.82 Å². The predicted octanol–water partition coefficient (Wildman–Crippen LogP) is 0.334. The maximum absolute atomic E-state index is 11.4. The summed E-state index contributed by atoms with van der Waals surface area (Å²) in [6.45, 7) is 2.96. The molecular formula is C10H19N3O2S. The van der Waals surface area contributed by atoms with Crippen molar-refractivity contribution >= 4 is 9.84 Å². The topological polar surface area (TPSA) is 64.0 Å². The number of rotatable bonds is 7. The first kappa shape index (κ1) is 13.2. The maximum atomic E-state index is 11.4. The Balaban J connectivity index is 2.25. The van der Waals surface area contributed by atoms with E-state index in [9.17, 15) is 8.42 Å². The maximum Gasteiger partial charge on any atom is 0.151 e. The lowest BCUT2D eigenvalue weighted by atomic mass is 10.5. The van der Waals surface area contributed by atoms with Crippen LogP contribution in [0.3, 0.4) is 0 Å². The zero-order valence-electron chi connectivity index (χ0n) is 9.81. The van der Waals surface area contributed by atoms with Crippen molar-refractivity contribution in [3.8, 4) is 0 Å². The van der Waals surface area contributed by atoms with Crippen molar-refractivity contribution in [3.05, 3.63) is 18.2 Å². The highest BCUT2D eigenvalue weighted by atomic mass is 32.2. The van der Waals surface area contributed by atoms with Gasteiger partial charge in [0.1, 0.15) is 5.82 Å². The van der Waals surface area contributed by atoms with Gasteiger partial charge in [-0.1, -0.05) is 6.92 Å². The number of sulfone groups is 1. The molecular weight excluding hydrogens is 226 g/mol. The number of imidazole rings is 1. The van der Waals surface area contributed by atoms with E-state index in [0.29, 0.717) is 19.5 Å². The molecule has 0 atom stereocenters. The Morgan fingerprint density at radius 2 is 2.19 bits per heavy atom. The van der Waals surface area contributed by atoms with Crippen molar-refractivity contribution in [2.24, 2.45) is 7.05 Å². The molecule has 5 nitrogen and oxygen atoms in total. The van der Waals surface area contributed by atoms with E-state index in [2.05, 4.69) is 10.3 Å². The molecule has 0 fully saturated rings. The normalized spacial score (nSPS) is 11.9. The fraction of sp³-hybridized carbons (Fsp3) is 0.700. The van der Waals surface area contributed by atoms with Gasteiger partial charge in [-0.25, -0.2) is 13.4 Å². The molecule has 92 valence electrons. The van der Waals surface area contributed by atoms with Crippen LogP contribution in [-0.2, 0) is 23.4 Å². The van der Waals surface area contributed by atoms with Crippen LogP contribution in [0.2, 0.25) is 0 Å². The fourth-order valence-electron chi connectivity index (χ4n) is 1.41. The third kappa shape index (κ3) is 4.32. The first-order chi connectivity index (χ1) is 7.55. The van der Waals surface area contributed by atoms with Crippen molar-refractivity contribution in [3.63, 3.8) is 0 Å². The van der Waals surface area contributed by atoms with E-state index in [1.807, 2.05) is 24.7 Å². The van der Waals surface area contributed by atoms with Crippen LogP contribution in [0.4, 0.5) is 0 Å². The van der Waals surface area contributed by atoms with Crippen LogP contribution in [0.1, 0.15) is 19.2 Å². The minimum atomic E-state index is -2.87. The summed E-state index contributed by atoms with van der Waals surface area (Å²) in [5.41, 5.74) is 0. The molecule has 1 rings (SSSR count). The third-order valence-corrected chi connectivity index (χ3v) is 4.17. The summed E-state index contributed by atoms with van der Waals surface area (Å²) in [5.74, 6) is 1.38. The predicted molar refractivity (Wildman–Crippen MR) is 63.9 cm³/mol. The second-order valence-electron chi connectivity index (χ2n) is 3.78. The van der Waals surface area contributed by atoms with Crippen molar-refractivity contribution < 1.29 is 8.42 Å². The van der Waals surface area contributed by atoms with Gasteiger partial charge in [0.15, 0.2) is 9.84 Å². The molecule has 1 aromatic rings. The number of nitrogens with zero attached hydrogens (tertiary/aromatic N) is 2. The molecule has 6 heteroatoms. The van der Waals surface area contributed by atoms with E-state index < -0.39 is 9.84 Å². The lowest BCUT2D eigenvalue weighted by Crippen LogP contribution is -2.25. The van der Waals surface area contributed by atoms with E-state index >= 15 is 0 Å². The van der Waals surface area contributed by atoms with Crippen LogP contribution in [0.5, 0.6) is 0 Å². The van der Waals surface area contributed by atoms with Crippen LogP contribution >= 0.6 is 0 Å². The number of aromatic nitrogens is 2. The molecule has 16 heavy (non-hydrogen) atoms. The largest absolute Gasteiger partial charge is 0.337 e. The summed E-state index contributed by atoms with van der Waals surface area (Å²) in [5, 5.41) is 3.08. The fourth-order valence-corrected chi connectivity index (χ4v) is 2.69. The van der Waals surface area contributed by atoms with Gasteiger partial charge in [-0.05, 0) is 6.42 Å². The van der Waals surface area contributed by atoms with E-state index in [-0.39, 0.29) is 11.5 Å². The van der Waals surface area contributed by atoms with Crippen LogP contribution in [0.15, 0.2) is 12.4 Å². The van der Waals surface area contributed by atoms with Gasteiger partial charge in [-0.3, -0.25) is 0 Å². The molecule has 0 bridgehead atoms. The van der Waals surface area contributed by atoms with Gasteiger partial charge >= 0.3 is 0 Å². The summed E-state index contributed by atoms with van der Waals surface area (Å²) in [7, 11) is -0.958. The molecule has 0 amide bonds. The molecule has 0 spiro atoms. The molecule has 0 aromatic carbocycles. The van der Waals surface area contributed by atoms with Crippen molar-refractivity contribution in [2.75, 3.05) is 18.1 Å². The van der Waals surface area contributed by atoms with Gasteiger partial charge in [0.25, 0.3) is 0 Å². The lowest BCUT2D eigenvalue weighted by molar-refractivity contribution is 0.586. The van der Waals surface area contributed by atoms with Gasteiger partial charge in [-0.15, -0.1) is 0 Å². The standard InChI is InChI=1S/C10H19N3O2S/c1-3-7-16(14,15)8-5-11-9-10-12-4-6-13(10)2/h4,6,11H,3,5,7-9H2,1-2H3. The molecule has 0 saturated heterocycles. The van der Waals surface area contributed by atoms with Crippen LogP contribution in [-0.4, -0.2) is 36.0 Å². The van der Waals surface area contributed by atoms with Crippen molar-refractivity contribution in [2.45, 2.75) is 19.9 Å². The smallest absolute Gasteiger partial charge is 0.151 e. The van der Waals surface area contributed by atoms with Crippen LogP contribution in [0, 0.1) is 0 Å². The van der Waals surface area contributed by atoms with Gasteiger partial charge in [0.05, 0.1) is 12.3 Å². The highest BCUT2D eigenvalue weighted by Crippen LogP contribution is 1.94. The molecule has 0 saturated carbocycles. The Bertz CT molecular complexity index is 411. The highest BCUT2D eigenvalue weighted by molar-refractivity contribution is 7.91. The average molecular weight is 245 g/mol. The molecule has 1 N–H and O–H groups in total. The summed E-state index contributed by atoms with van der Waals surface area (Å²) in [4.78, 5) is 4.14. The van der Waals surface area contributed by atoms with E-state index in [4.69, 9.17) is 0 Å².